The van der Waals surface area contributed by atoms with E-state index < -0.39 is 0 Å². The third-order valence-electron chi connectivity index (χ3n) is 3.29. The topological polar surface area (TPSA) is 46.3 Å². The van der Waals surface area contributed by atoms with E-state index in [4.69, 9.17) is 5.73 Å². The van der Waals surface area contributed by atoms with Gasteiger partial charge in [-0.05, 0) is 43.0 Å². The Morgan fingerprint density at radius 3 is 2.53 bits per heavy atom. The molecule has 0 aromatic heterocycles. The molecule has 0 aliphatic heterocycles. The minimum Gasteiger partial charge on any atom is -0.342 e. The summed E-state index contributed by atoms with van der Waals surface area (Å²) in [6.45, 7) is 6.47. The van der Waals surface area contributed by atoms with Crippen molar-refractivity contribution >= 4 is 5.91 Å². The highest BCUT2D eigenvalue weighted by Crippen LogP contribution is 2.11. The maximum absolute atomic E-state index is 13.3. The van der Waals surface area contributed by atoms with Crippen LogP contribution in [-0.2, 0) is 0 Å². The van der Waals surface area contributed by atoms with Crippen LogP contribution in [0.2, 0.25) is 0 Å². The summed E-state index contributed by atoms with van der Waals surface area (Å²) < 4.78 is 13.3. The van der Waals surface area contributed by atoms with Gasteiger partial charge in [-0.25, -0.2) is 4.39 Å². The van der Waals surface area contributed by atoms with Crippen LogP contribution in [0.1, 0.15) is 36.2 Å². The molecule has 0 saturated carbocycles. The van der Waals surface area contributed by atoms with Crippen LogP contribution in [0, 0.1) is 18.7 Å². The number of rotatable bonds is 5. The summed E-state index contributed by atoms with van der Waals surface area (Å²) >= 11 is 0. The van der Waals surface area contributed by atoms with Crippen molar-refractivity contribution in [1.29, 1.82) is 0 Å². The molecule has 1 aromatic carbocycles. The fraction of sp³-hybridized carbons (Fsp3) is 0.533. The Morgan fingerprint density at radius 2 is 2.00 bits per heavy atom. The molecule has 0 radical (unpaired) electrons. The monoisotopic (exact) mass is 266 g/mol. The molecule has 0 fully saturated rings. The first-order valence-electron chi connectivity index (χ1n) is 6.59. The highest BCUT2D eigenvalue weighted by Gasteiger charge is 2.15. The Bertz CT molecular complexity index is 426. The van der Waals surface area contributed by atoms with Crippen molar-refractivity contribution in [3.63, 3.8) is 0 Å². The standard InChI is InChI=1S/C15H23FN2O/c1-10(2)14(17)5-6-18(4)15(19)12-7-11(3)8-13(16)9-12/h7-10,14H,5-6,17H2,1-4H3. The zero-order valence-corrected chi connectivity index (χ0v) is 12.1. The summed E-state index contributed by atoms with van der Waals surface area (Å²) in [7, 11) is 1.72. The van der Waals surface area contributed by atoms with Crippen molar-refractivity contribution in [2.75, 3.05) is 13.6 Å². The Kier molecular flexibility index (Phi) is 5.48. The van der Waals surface area contributed by atoms with E-state index in [-0.39, 0.29) is 17.8 Å². The van der Waals surface area contributed by atoms with Gasteiger partial charge in [0.1, 0.15) is 5.82 Å². The Hall–Kier alpha value is -1.42. The van der Waals surface area contributed by atoms with Gasteiger partial charge in [0, 0.05) is 25.2 Å². The second-order valence-corrected chi connectivity index (χ2v) is 5.44. The molecule has 1 aromatic rings. The first-order chi connectivity index (χ1) is 8.81. The molecule has 1 atom stereocenters. The molecule has 106 valence electrons. The number of hydrogen-bond acceptors (Lipinski definition) is 2. The minimum atomic E-state index is -0.379. The summed E-state index contributed by atoms with van der Waals surface area (Å²) in [6.07, 6.45) is 0.744. The predicted octanol–water partition coefficient (Wildman–Crippen LogP) is 2.58. The minimum absolute atomic E-state index is 0.0736. The van der Waals surface area contributed by atoms with E-state index in [2.05, 4.69) is 13.8 Å². The lowest BCUT2D eigenvalue weighted by molar-refractivity contribution is 0.0788. The predicted molar refractivity (Wildman–Crippen MR) is 75.5 cm³/mol. The second kappa shape index (κ2) is 6.66. The first kappa shape index (κ1) is 15.6. The number of nitrogens with zero attached hydrogens (tertiary/aromatic N) is 1. The molecule has 4 heteroatoms. The molecule has 1 unspecified atom stereocenters. The van der Waals surface area contributed by atoms with Crippen molar-refractivity contribution in [3.05, 3.63) is 35.1 Å². The summed E-state index contributed by atoms with van der Waals surface area (Å²) in [5, 5.41) is 0. The Balaban J connectivity index is 2.66. The molecule has 0 bridgehead atoms. The largest absolute Gasteiger partial charge is 0.342 e. The van der Waals surface area contributed by atoms with Gasteiger partial charge in [-0.15, -0.1) is 0 Å². The lowest BCUT2D eigenvalue weighted by atomic mass is 10.0. The van der Waals surface area contributed by atoms with Crippen LogP contribution in [0.4, 0.5) is 4.39 Å². The zero-order valence-electron chi connectivity index (χ0n) is 12.1. The molecular weight excluding hydrogens is 243 g/mol. The van der Waals surface area contributed by atoms with E-state index in [1.54, 1.807) is 24.9 Å². The molecule has 0 heterocycles. The number of aryl methyl sites for hydroxylation is 1. The van der Waals surface area contributed by atoms with Gasteiger partial charge in [-0.1, -0.05) is 13.8 Å². The van der Waals surface area contributed by atoms with Crippen molar-refractivity contribution < 1.29 is 9.18 Å². The van der Waals surface area contributed by atoms with Gasteiger partial charge in [0.15, 0.2) is 0 Å². The van der Waals surface area contributed by atoms with E-state index in [9.17, 15) is 9.18 Å². The summed E-state index contributed by atoms with van der Waals surface area (Å²) in [6, 6.07) is 4.45. The average Bonchev–Trinajstić information content (AvgIpc) is 2.33. The van der Waals surface area contributed by atoms with E-state index in [1.807, 2.05) is 0 Å². The second-order valence-electron chi connectivity index (χ2n) is 5.44. The van der Waals surface area contributed by atoms with Crippen LogP contribution >= 0.6 is 0 Å². The van der Waals surface area contributed by atoms with E-state index in [0.29, 0.717) is 18.0 Å². The summed E-state index contributed by atoms with van der Waals surface area (Å²) in [4.78, 5) is 13.7. The Labute approximate surface area is 114 Å². The molecule has 19 heavy (non-hydrogen) atoms. The van der Waals surface area contributed by atoms with Crippen LogP contribution < -0.4 is 5.73 Å². The third-order valence-corrected chi connectivity index (χ3v) is 3.29. The number of benzene rings is 1. The number of amides is 1. The number of carbonyl (C=O) groups is 1. The molecule has 1 rings (SSSR count). The molecule has 0 spiro atoms. The van der Waals surface area contributed by atoms with Crippen molar-refractivity contribution in [3.8, 4) is 0 Å². The maximum atomic E-state index is 13.3. The van der Waals surface area contributed by atoms with Crippen molar-refractivity contribution in [1.82, 2.24) is 4.90 Å². The lowest BCUT2D eigenvalue weighted by Crippen LogP contribution is -2.34. The maximum Gasteiger partial charge on any atom is 0.253 e. The van der Waals surface area contributed by atoms with Crippen LogP contribution in [0.5, 0.6) is 0 Å². The normalized spacial score (nSPS) is 12.6. The smallest absolute Gasteiger partial charge is 0.253 e. The molecule has 0 aliphatic rings. The molecule has 0 aliphatic carbocycles. The SMILES string of the molecule is Cc1cc(F)cc(C(=O)N(C)CCC(N)C(C)C)c1. The van der Waals surface area contributed by atoms with Crippen LogP contribution in [0.25, 0.3) is 0 Å². The van der Waals surface area contributed by atoms with Gasteiger partial charge in [0.2, 0.25) is 0 Å². The lowest BCUT2D eigenvalue weighted by Gasteiger charge is -2.21. The van der Waals surface area contributed by atoms with Gasteiger partial charge >= 0.3 is 0 Å². The van der Waals surface area contributed by atoms with E-state index >= 15 is 0 Å². The Morgan fingerprint density at radius 1 is 1.37 bits per heavy atom. The molecule has 1 amide bonds. The van der Waals surface area contributed by atoms with Gasteiger partial charge < -0.3 is 10.6 Å². The highest BCUT2D eigenvalue weighted by molar-refractivity contribution is 5.94. The van der Waals surface area contributed by atoms with Crippen molar-refractivity contribution in [2.45, 2.75) is 33.2 Å². The summed E-state index contributed by atoms with van der Waals surface area (Å²) in [5.74, 6) is -0.158. The number of nitrogens with two attached hydrogens (primary N) is 1. The quantitative estimate of drug-likeness (QED) is 0.890. The molecular formula is C15H23FN2O. The molecule has 0 saturated heterocycles. The fourth-order valence-corrected chi connectivity index (χ4v) is 1.86. The van der Waals surface area contributed by atoms with E-state index in [1.165, 1.54) is 12.1 Å². The van der Waals surface area contributed by atoms with Crippen molar-refractivity contribution in [2.24, 2.45) is 11.7 Å². The van der Waals surface area contributed by atoms with Gasteiger partial charge in [-0.3, -0.25) is 4.79 Å². The van der Waals surface area contributed by atoms with Gasteiger partial charge in [-0.2, -0.15) is 0 Å². The number of halogens is 1. The highest BCUT2D eigenvalue weighted by atomic mass is 19.1. The van der Waals surface area contributed by atoms with Crippen LogP contribution in [0.3, 0.4) is 0 Å². The molecule has 3 nitrogen and oxygen atoms in total. The third kappa shape index (κ3) is 4.63. The fourth-order valence-electron chi connectivity index (χ4n) is 1.86. The van der Waals surface area contributed by atoms with E-state index in [0.717, 1.165) is 12.0 Å². The number of carbonyl (C=O) groups excluding carboxylic acids is 1. The van der Waals surface area contributed by atoms with Crippen LogP contribution in [0.15, 0.2) is 18.2 Å². The average molecular weight is 266 g/mol. The molecule has 2 N–H and O–H groups in total. The summed E-state index contributed by atoms with van der Waals surface area (Å²) in [5.41, 5.74) is 7.09. The van der Waals surface area contributed by atoms with Gasteiger partial charge in [0.05, 0.1) is 0 Å². The first-order valence-corrected chi connectivity index (χ1v) is 6.59. The van der Waals surface area contributed by atoms with Gasteiger partial charge in [0.25, 0.3) is 5.91 Å². The zero-order chi connectivity index (χ0) is 14.6. The van der Waals surface area contributed by atoms with Crippen LogP contribution in [-0.4, -0.2) is 30.4 Å². The number of hydrogen-bond donors (Lipinski definition) is 1.